The van der Waals surface area contributed by atoms with E-state index in [2.05, 4.69) is 26.5 Å². The summed E-state index contributed by atoms with van der Waals surface area (Å²) < 4.78 is 11.5. The second kappa shape index (κ2) is 16.0. The smallest absolute Gasteiger partial charge is 0.292 e. The molecule has 9 nitrogen and oxygen atoms in total. The van der Waals surface area contributed by atoms with Crippen LogP contribution in [-0.2, 0) is 9.53 Å². The predicted octanol–water partition coefficient (Wildman–Crippen LogP) is 6.22. The van der Waals surface area contributed by atoms with Gasteiger partial charge in [0.05, 0.1) is 35.7 Å². The summed E-state index contributed by atoms with van der Waals surface area (Å²) in [5.41, 5.74) is 4.51. The van der Waals surface area contributed by atoms with Crippen molar-refractivity contribution in [1.82, 2.24) is 20.2 Å². The Morgan fingerprint density at radius 2 is 2.05 bits per heavy atom. The van der Waals surface area contributed by atoms with Crippen LogP contribution >= 0.6 is 0 Å². The van der Waals surface area contributed by atoms with Crippen molar-refractivity contribution in [2.75, 3.05) is 20.2 Å². The van der Waals surface area contributed by atoms with E-state index in [1.54, 1.807) is 31.6 Å². The fourth-order valence-electron chi connectivity index (χ4n) is 4.78. The van der Waals surface area contributed by atoms with Crippen LogP contribution in [0.15, 0.2) is 77.5 Å². The summed E-state index contributed by atoms with van der Waals surface area (Å²) >= 11 is 0. The van der Waals surface area contributed by atoms with Gasteiger partial charge in [0.2, 0.25) is 0 Å². The van der Waals surface area contributed by atoms with Crippen LogP contribution in [0.25, 0.3) is 22.4 Å². The summed E-state index contributed by atoms with van der Waals surface area (Å²) in [6.07, 6.45) is 16.2. The second-order valence-electron chi connectivity index (χ2n) is 9.70. The first-order chi connectivity index (χ1) is 19.5. The molecule has 0 bridgehead atoms. The highest BCUT2D eigenvalue weighted by molar-refractivity contribution is 5.97. The van der Waals surface area contributed by atoms with Gasteiger partial charge >= 0.3 is 0 Å². The molecule has 1 aromatic carbocycles. The normalized spacial score (nSPS) is 14.2. The van der Waals surface area contributed by atoms with E-state index in [1.807, 2.05) is 30.5 Å². The molecule has 9 heteroatoms. The number of aliphatic hydroxyl groups excluding tert-OH is 1. The molecule has 0 atom stereocenters. The number of furan rings is 1. The van der Waals surface area contributed by atoms with Crippen LogP contribution in [0.3, 0.4) is 0 Å². The Morgan fingerprint density at radius 3 is 2.70 bits per heavy atom. The number of hydrogen-bond acceptors (Lipinski definition) is 7. The Labute approximate surface area is 235 Å². The zero-order chi connectivity index (χ0) is 28.7. The summed E-state index contributed by atoms with van der Waals surface area (Å²) in [5.74, 6) is 1.06. The van der Waals surface area contributed by atoms with Crippen LogP contribution < -0.4 is 10.6 Å². The van der Waals surface area contributed by atoms with Gasteiger partial charge in [0.15, 0.2) is 0 Å². The summed E-state index contributed by atoms with van der Waals surface area (Å²) in [6.45, 7) is 6.89. The zero-order valence-corrected chi connectivity index (χ0v) is 23.4. The van der Waals surface area contributed by atoms with Crippen molar-refractivity contribution < 1.29 is 23.8 Å². The molecule has 1 aliphatic rings. The van der Waals surface area contributed by atoms with Crippen LogP contribution in [0.5, 0.6) is 0 Å². The molecule has 0 aliphatic heterocycles. The van der Waals surface area contributed by atoms with Crippen molar-refractivity contribution in [3.63, 3.8) is 0 Å². The summed E-state index contributed by atoms with van der Waals surface area (Å²) in [7, 11) is 1.31. The average Bonchev–Trinajstić information content (AvgIpc) is 3.64. The van der Waals surface area contributed by atoms with E-state index < -0.39 is 0 Å². The van der Waals surface area contributed by atoms with Gasteiger partial charge in [-0.3, -0.25) is 9.59 Å². The number of aromatic nitrogens is 2. The molecule has 2 heterocycles. The van der Waals surface area contributed by atoms with E-state index in [1.165, 1.54) is 26.4 Å². The molecule has 1 saturated carbocycles. The van der Waals surface area contributed by atoms with Gasteiger partial charge < -0.3 is 29.5 Å². The summed E-state index contributed by atoms with van der Waals surface area (Å²) in [6, 6.07) is 8.14. The number of allylic oxidation sites excluding steroid dienone is 2. The van der Waals surface area contributed by atoms with Gasteiger partial charge in [-0.2, -0.15) is 0 Å². The van der Waals surface area contributed by atoms with Gasteiger partial charge in [-0.1, -0.05) is 25.3 Å². The first-order valence-electron chi connectivity index (χ1n) is 13.7. The molecule has 1 aliphatic carbocycles. The Bertz CT molecular complexity index is 1300. The fourth-order valence-corrected chi connectivity index (χ4v) is 4.78. The highest BCUT2D eigenvalue weighted by Gasteiger charge is 2.23. The predicted molar refractivity (Wildman–Crippen MR) is 157 cm³/mol. The molecular weight excluding hydrogens is 508 g/mol. The third kappa shape index (κ3) is 8.62. The molecule has 214 valence electrons. The van der Waals surface area contributed by atoms with E-state index in [-0.39, 0.29) is 11.7 Å². The fraction of sp³-hybridized carbons (Fsp3) is 0.387. The Kier molecular flexibility index (Phi) is 12.1. The molecule has 0 radical (unpaired) electrons. The quantitative estimate of drug-likeness (QED) is 0.106. The number of benzene rings is 1. The van der Waals surface area contributed by atoms with Gasteiger partial charge in [-0.25, -0.2) is 4.98 Å². The molecule has 4 rings (SSSR count). The number of amides is 1. The van der Waals surface area contributed by atoms with Gasteiger partial charge in [0, 0.05) is 24.7 Å². The number of carbonyl (C=O) groups is 2. The van der Waals surface area contributed by atoms with Gasteiger partial charge in [0.25, 0.3) is 12.4 Å². The van der Waals surface area contributed by atoms with E-state index in [9.17, 15) is 9.90 Å². The third-order valence-corrected chi connectivity index (χ3v) is 6.73. The van der Waals surface area contributed by atoms with Crippen molar-refractivity contribution >= 4 is 23.4 Å². The van der Waals surface area contributed by atoms with E-state index in [4.69, 9.17) is 14.2 Å². The lowest BCUT2D eigenvalue weighted by Gasteiger charge is -2.25. The minimum Gasteiger partial charge on any atom is -0.513 e. The van der Waals surface area contributed by atoms with Gasteiger partial charge in [0.1, 0.15) is 12.1 Å². The van der Waals surface area contributed by atoms with Crippen molar-refractivity contribution in [2.45, 2.75) is 57.9 Å². The molecule has 0 spiro atoms. The van der Waals surface area contributed by atoms with Crippen molar-refractivity contribution in [3.05, 3.63) is 78.6 Å². The number of nitrogens with one attached hydrogen (secondary N) is 2. The van der Waals surface area contributed by atoms with Crippen LogP contribution in [-0.4, -0.2) is 47.2 Å². The topological polar surface area (TPSA) is 119 Å². The van der Waals surface area contributed by atoms with Crippen molar-refractivity contribution in [3.8, 4) is 11.4 Å². The van der Waals surface area contributed by atoms with Crippen molar-refractivity contribution in [1.29, 1.82) is 0 Å². The van der Waals surface area contributed by atoms with Gasteiger partial charge in [-0.15, -0.1) is 6.58 Å². The molecule has 0 unspecified atom stereocenters. The van der Waals surface area contributed by atoms with E-state index >= 15 is 0 Å². The molecule has 0 saturated heterocycles. The maximum absolute atomic E-state index is 13.0. The number of hydrogen-bond donors (Lipinski definition) is 3. The number of rotatable bonds is 12. The van der Waals surface area contributed by atoms with Gasteiger partial charge in [-0.05, 0) is 74.7 Å². The lowest BCUT2D eigenvalue weighted by Crippen LogP contribution is -2.25. The minimum absolute atomic E-state index is 0.124. The van der Waals surface area contributed by atoms with Crippen LogP contribution in [0, 0.1) is 0 Å². The largest absolute Gasteiger partial charge is 0.513 e. The molecule has 1 amide bonds. The first kappa shape index (κ1) is 30.3. The molecule has 3 aromatic rings. The second-order valence-corrected chi connectivity index (χ2v) is 9.70. The molecule has 40 heavy (non-hydrogen) atoms. The maximum atomic E-state index is 13.0. The minimum atomic E-state index is -0.124. The summed E-state index contributed by atoms with van der Waals surface area (Å²) in [5, 5.41) is 15.7. The Morgan fingerprint density at radius 1 is 1.27 bits per heavy atom. The standard InChI is InChI=1S/C29H36N4O3.C2H4O2/c1-3-15-30-19-22(10-9-21(2)34)13-16-31-29(35)23-11-12-27-26(18-23)32-28(24-14-17-36-20-24)33(27)25-7-5-4-6-8-25;1-4-2-3/h3,9,11-12,14,17-20,25,30,34H,1,4-8,10,13,15-16H2,2H3,(H,31,35);2H,1H3/b21-9+,22-19+;. The summed E-state index contributed by atoms with van der Waals surface area (Å²) in [4.78, 5) is 26.8. The lowest BCUT2D eigenvalue weighted by atomic mass is 9.95. The third-order valence-electron chi connectivity index (χ3n) is 6.73. The Balaban J connectivity index is 0.00000103. The highest BCUT2D eigenvalue weighted by atomic mass is 16.5. The average molecular weight is 549 g/mol. The number of nitrogens with zero attached hydrogens (tertiary/aromatic N) is 2. The number of methoxy groups -OCH3 is 1. The molecule has 2 aromatic heterocycles. The number of fused-ring (bicyclic) bond motifs is 1. The SMILES string of the molecule is C=CCN/C=C(\C/C=C(\C)O)CCNC(=O)c1ccc2c(c1)nc(-c1ccoc1)n2C1CCCCC1.COC=O. The van der Waals surface area contributed by atoms with Crippen molar-refractivity contribution in [2.24, 2.45) is 0 Å². The Hall–Kier alpha value is -4.27. The van der Waals surface area contributed by atoms with E-state index in [0.717, 1.165) is 40.8 Å². The van der Waals surface area contributed by atoms with E-state index in [0.29, 0.717) is 44.0 Å². The first-order valence-corrected chi connectivity index (χ1v) is 13.7. The number of carbonyl (C=O) groups excluding carboxylic acids is 2. The number of imidazole rings is 1. The van der Waals surface area contributed by atoms with Crippen LogP contribution in [0.1, 0.15) is 68.3 Å². The number of ether oxygens (including phenoxy) is 1. The number of aliphatic hydroxyl groups is 1. The monoisotopic (exact) mass is 548 g/mol. The maximum Gasteiger partial charge on any atom is 0.292 e. The highest BCUT2D eigenvalue weighted by Crippen LogP contribution is 2.36. The zero-order valence-electron chi connectivity index (χ0n) is 23.4. The molecule has 1 fully saturated rings. The molecule has 3 N–H and O–H groups in total. The lowest BCUT2D eigenvalue weighted by molar-refractivity contribution is -0.126. The van der Waals surface area contributed by atoms with Crippen LogP contribution in [0.2, 0.25) is 0 Å². The van der Waals surface area contributed by atoms with Crippen LogP contribution in [0.4, 0.5) is 0 Å². The molecular formula is C31H40N4O5.